The van der Waals surface area contributed by atoms with Crippen molar-refractivity contribution in [1.29, 1.82) is 0 Å². The molecular formula is C18H27ClN2O3. The standard InChI is InChI=1S/C18H26N2O3.ClH/c1-2-12-23-16-7-5-14(6-8-16)17(21)9-10-18(22)20-11-3-4-15(19)13-20;/h5-8,15H,2-4,9-13,19H2,1H3;1H. The predicted octanol–water partition coefficient (Wildman–Crippen LogP) is 2.81. The van der Waals surface area contributed by atoms with Crippen molar-refractivity contribution in [2.45, 2.75) is 45.1 Å². The van der Waals surface area contributed by atoms with Gasteiger partial charge in [0.05, 0.1) is 6.61 Å². The van der Waals surface area contributed by atoms with Gasteiger partial charge in [-0.05, 0) is 43.5 Å². The van der Waals surface area contributed by atoms with Crippen molar-refractivity contribution in [3.8, 4) is 5.75 Å². The van der Waals surface area contributed by atoms with Crippen LogP contribution in [0.1, 0.15) is 49.4 Å². The van der Waals surface area contributed by atoms with E-state index in [9.17, 15) is 9.59 Å². The van der Waals surface area contributed by atoms with Crippen LogP contribution in [0.3, 0.4) is 0 Å². The Kier molecular flexibility index (Phi) is 8.79. The number of benzene rings is 1. The maximum absolute atomic E-state index is 12.2. The predicted molar refractivity (Wildman–Crippen MR) is 96.8 cm³/mol. The molecule has 0 saturated carbocycles. The van der Waals surface area contributed by atoms with Gasteiger partial charge in [-0.1, -0.05) is 6.92 Å². The molecule has 1 heterocycles. The highest BCUT2D eigenvalue weighted by molar-refractivity contribution is 5.98. The first-order valence-electron chi connectivity index (χ1n) is 8.39. The summed E-state index contributed by atoms with van der Waals surface area (Å²) in [6.45, 7) is 4.07. The zero-order valence-electron chi connectivity index (χ0n) is 14.2. The number of ether oxygens (including phenoxy) is 1. The molecule has 2 rings (SSSR count). The van der Waals surface area contributed by atoms with Crippen molar-refractivity contribution in [3.05, 3.63) is 29.8 Å². The van der Waals surface area contributed by atoms with Gasteiger partial charge in [-0.25, -0.2) is 0 Å². The Morgan fingerprint density at radius 2 is 1.96 bits per heavy atom. The van der Waals surface area contributed by atoms with E-state index in [1.165, 1.54) is 0 Å². The summed E-state index contributed by atoms with van der Waals surface area (Å²) in [6.07, 6.45) is 3.34. The number of hydrogen-bond acceptors (Lipinski definition) is 4. The van der Waals surface area contributed by atoms with E-state index in [1.807, 2.05) is 6.92 Å². The van der Waals surface area contributed by atoms with E-state index in [0.717, 1.165) is 31.6 Å². The van der Waals surface area contributed by atoms with Gasteiger partial charge >= 0.3 is 0 Å². The first-order chi connectivity index (χ1) is 11.1. The highest BCUT2D eigenvalue weighted by atomic mass is 35.5. The zero-order chi connectivity index (χ0) is 16.7. The molecule has 1 aromatic rings. The largest absolute Gasteiger partial charge is 0.494 e. The van der Waals surface area contributed by atoms with Crippen LogP contribution in [0.15, 0.2) is 24.3 Å². The Morgan fingerprint density at radius 1 is 1.25 bits per heavy atom. The minimum atomic E-state index is -0.0123. The smallest absolute Gasteiger partial charge is 0.223 e. The van der Waals surface area contributed by atoms with Gasteiger partial charge in [0.15, 0.2) is 5.78 Å². The first-order valence-corrected chi connectivity index (χ1v) is 8.39. The molecule has 1 amide bonds. The van der Waals surface area contributed by atoms with Gasteiger partial charge in [0, 0.05) is 37.5 Å². The van der Waals surface area contributed by atoms with Crippen LogP contribution < -0.4 is 10.5 Å². The molecule has 1 unspecified atom stereocenters. The van der Waals surface area contributed by atoms with E-state index in [-0.39, 0.29) is 43.0 Å². The molecule has 1 saturated heterocycles. The Bertz CT molecular complexity index is 534. The van der Waals surface area contributed by atoms with Crippen LogP contribution in [0, 0.1) is 0 Å². The van der Waals surface area contributed by atoms with Crippen molar-refractivity contribution in [2.24, 2.45) is 5.73 Å². The number of ketones is 1. The summed E-state index contributed by atoms with van der Waals surface area (Å²) in [5.74, 6) is 0.778. The quantitative estimate of drug-likeness (QED) is 0.764. The summed E-state index contributed by atoms with van der Waals surface area (Å²) >= 11 is 0. The van der Waals surface area contributed by atoms with Gasteiger partial charge in [0.2, 0.25) is 5.91 Å². The maximum atomic E-state index is 12.2. The number of amides is 1. The Labute approximate surface area is 149 Å². The lowest BCUT2D eigenvalue weighted by atomic mass is 10.0. The number of nitrogens with zero attached hydrogens (tertiary/aromatic N) is 1. The molecule has 24 heavy (non-hydrogen) atoms. The molecule has 134 valence electrons. The topological polar surface area (TPSA) is 72.6 Å². The van der Waals surface area contributed by atoms with Crippen LogP contribution in [0.5, 0.6) is 5.75 Å². The minimum Gasteiger partial charge on any atom is -0.494 e. The third kappa shape index (κ3) is 6.13. The summed E-state index contributed by atoms with van der Waals surface area (Å²) in [7, 11) is 0. The summed E-state index contributed by atoms with van der Waals surface area (Å²) in [5.41, 5.74) is 6.51. The molecule has 0 aromatic heterocycles. The average molecular weight is 355 g/mol. The van der Waals surface area contributed by atoms with Gasteiger partial charge in [-0.2, -0.15) is 0 Å². The number of likely N-dealkylation sites (tertiary alicyclic amines) is 1. The van der Waals surface area contributed by atoms with E-state index in [1.54, 1.807) is 29.2 Å². The van der Waals surface area contributed by atoms with Crippen LogP contribution in [0.25, 0.3) is 0 Å². The molecule has 0 radical (unpaired) electrons. The lowest BCUT2D eigenvalue weighted by Gasteiger charge is -2.30. The molecule has 0 aliphatic carbocycles. The number of carbonyl (C=O) groups excluding carboxylic acids is 2. The molecular weight excluding hydrogens is 328 g/mol. The molecule has 1 fully saturated rings. The minimum absolute atomic E-state index is 0. The van der Waals surface area contributed by atoms with Crippen LogP contribution in [-0.2, 0) is 4.79 Å². The van der Waals surface area contributed by atoms with Crippen molar-refractivity contribution in [1.82, 2.24) is 4.90 Å². The van der Waals surface area contributed by atoms with Gasteiger partial charge in [-0.15, -0.1) is 12.4 Å². The van der Waals surface area contributed by atoms with Crippen molar-refractivity contribution in [3.63, 3.8) is 0 Å². The lowest BCUT2D eigenvalue weighted by Crippen LogP contribution is -2.45. The second-order valence-electron chi connectivity index (χ2n) is 6.04. The second-order valence-corrected chi connectivity index (χ2v) is 6.04. The normalized spacial score (nSPS) is 17.1. The summed E-state index contributed by atoms with van der Waals surface area (Å²) in [6, 6.07) is 7.19. The number of hydrogen-bond donors (Lipinski definition) is 1. The first kappa shape index (κ1) is 20.5. The Balaban J connectivity index is 0.00000288. The van der Waals surface area contributed by atoms with E-state index in [2.05, 4.69) is 0 Å². The number of halogens is 1. The van der Waals surface area contributed by atoms with Crippen molar-refractivity contribution < 1.29 is 14.3 Å². The fourth-order valence-electron chi connectivity index (χ4n) is 2.72. The summed E-state index contributed by atoms with van der Waals surface area (Å²) in [5, 5.41) is 0. The highest BCUT2D eigenvalue weighted by Gasteiger charge is 2.21. The zero-order valence-corrected chi connectivity index (χ0v) is 15.0. The number of nitrogens with two attached hydrogens (primary N) is 1. The number of carbonyl (C=O) groups is 2. The number of Topliss-reactive ketones (excluding diaryl/α,β-unsaturated/α-hetero) is 1. The molecule has 0 spiro atoms. The van der Waals surface area contributed by atoms with Gasteiger partial charge in [-0.3, -0.25) is 9.59 Å². The Hall–Kier alpha value is -1.59. The number of piperidine rings is 1. The summed E-state index contributed by atoms with van der Waals surface area (Å²) < 4.78 is 5.49. The van der Waals surface area contributed by atoms with Crippen LogP contribution in [-0.4, -0.2) is 42.3 Å². The SMILES string of the molecule is CCCOc1ccc(C(=O)CCC(=O)N2CCCC(N)C2)cc1.Cl. The fraction of sp³-hybridized carbons (Fsp3) is 0.556. The number of rotatable bonds is 7. The molecule has 1 aromatic carbocycles. The van der Waals surface area contributed by atoms with Crippen LogP contribution in [0.2, 0.25) is 0 Å². The molecule has 2 N–H and O–H groups in total. The molecule has 1 aliphatic rings. The maximum Gasteiger partial charge on any atom is 0.223 e. The van der Waals surface area contributed by atoms with E-state index < -0.39 is 0 Å². The van der Waals surface area contributed by atoms with Crippen LogP contribution >= 0.6 is 12.4 Å². The van der Waals surface area contributed by atoms with E-state index in [4.69, 9.17) is 10.5 Å². The Morgan fingerprint density at radius 3 is 2.58 bits per heavy atom. The molecule has 5 nitrogen and oxygen atoms in total. The third-order valence-corrected chi connectivity index (χ3v) is 4.03. The molecule has 1 aliphatic heterocycles. The molecule has 6 heteroatoms. The third-order valence-electron chi connectivity index (χ3n) is 4.03. The molecule has 0 bridgehead atoms. The monoisotopic (exact) mass is 354 g/mol. The second kappa shape index (κ2) is 10.3. The van der Waals surface area contributed by atoms with Crippen molar-refractivity contribution >= 4 is 24.1 Å². The lowest BCUT2D eigenvalue weighted by molar-refractivity contribution is -0.132. The van der Waals surface area contributed by atoms with Crippen molar-refractivity contribution in [2.75, 3.05) is 19.7 Å². The van der Waals surface area contributed by atoms with Gasteiger partial charge in [0.1, 0.15) is 5.75 Å². The van der Waals surface area contributed by atoms with Gasteiger partial charge in [0.25, 0.3) is 0 Å². The van der Waals surface area contributed by atoms with Crippen LogP contribution in [0.4, 0.5) is 0 Å². The summed E-state index contributed by atoms with van der Waals surface area (Å²) in [4.78, 5) is 26.1. The average Bonchev–Trinajstić information content (AvgIpc) is 2.58. The fourth-order valence-corrected chi connectivity index (χ4v) is 2.72. The van der Waals surface area contributed by atoms with E-state index >= 15 is 0 Å². The molecule has 1 atom stereocenters. The highest BCUT2D eigenvalue weighted by Crippen LogP contribution is 2.15. The van der Waals surface area contributed by atoms with E-state index in [0.29, 0.717) is 18.7 Å². The van der Waals surface area contributed by atoms with Gasteiger partial charge < -0.3 is 15.4 Å².